The first-order chi connectivity index (χ1) is 15.3. The van der Waals surface area contributed by atoms with Crippen molar-refractivity contribution in [2.75, 3.05) is 52.4 Å². The number of hydrazine groups is 1. The fraction of sp³-hybridized carbons (Fsp3) is 0.947. The lowest BCUT2D eigenvalue weighted by atomic mass is 9.96. The first kappa shape index (κ1) is 22.8. The van der Waals surface area contributed by atoms with Gasteiger partial charge in [-0.3, -0.25) is 15.0 Å². The van der Waals surface area contributed by atoms with E-state index in [-0.39, 0.29) is 42.5 Å². The summed E-state index contributed by atoms with van der Waals surface area (Å²) in [4.78, 5) is 15.5. The van der Waals surface area contributed by atoms with E-state index < -0.39 is 28.3 Å². The van der Waals surface area contributed by atoms with Crippen LogP contribution in [-0.2, 0) is 14.8 Å². The number of hydrogen-bond acceptors (Lipinski definition) is 9. The minimum Gasteiger partial charge on any atom is -0.350 e. The molecule has 4 saturated heterocycles. The number of hydrogen-bond donors (Lipinski definition) is 5. The summed E-state index contributed by atoms with van der Waals surface area (Å²) < 4.78 is 40.4. The molecular formula is C19H35FN8O3S. The number of carbonyl (C=O) groups excluding carboxylic acids is 1. The van der Waals surface area contributed by atoms with Crippen molar-refractivity contribution in [1.82, 2.24) is 35.6 Å². The van der Waals surface area contributed by atoms with Gasteiger partial charge < -0.3 is 16.4 Å². The van der Waals surface area contributed by atoms with Gasteiger partial charge in [0.25, 0.3) is 0 Å². The van der Waals surface area contributed by atoms with Crippen molar-refractivity contribution in [3.63, 3.8) is 0 Å². The predicted molar refractivity (Wildman–Crippen MR) is 116 cm³/mol. The van der Waals surface area contributed by atoms with Gasteiger partial charge in [0, 0.05) is 51.9 Å². The molecule has 6 N–H and O–H groups in total. The van der Waals surface area contributed by atoms with E-state index in [9.17, 15) is 17.6 Å². The average molecular weight is 475 g/mol. The van der Waals surface area contributed by atoms with Gasteiger partial charge in [-0.05, 0) is 25.8 Å². The quantitative estimate of drug-likeness (QED) is 0.281. The van der Waals surface area contributed by atoms with E-state index in [1.807, 2.05) is 0 Å². The molecule has 11 nitrogen and oxygen atoms in total. The van der Waals surface area contributed by atoms with E-state index in [4.69, 9.17) is 5.73 Å². The average Bonchev–Trinajstić information content (AvgIpc) is 3.58. The van der Waals surface area contributed by atoms with Crippen LogP contribution in [0.1, 0.15) is 19.3 Å². The van der Waals surface area contributed by atoms with Crippen molar-refractivity contribution in [3.8, 4) is 0 Å². The van der Waals surface area contributed by atoms with E-state index >= 15 is 0 Å². The van der Waals surface area contributed by atoms with Crippen molar-refractivity contribution >= 4 is 15.9 Å². The number of rotatable bonds is 5. The van der Waals surface area contributed by atoms with E-state index in [0.717, 1.165) is 25.8 Å². The van der Waals surface area contributed by atoms with Crippen molar-refractivity contribution < 1.29 is 17.6 Å². The number of amides is 1. The Morgan fingerprint density at radius 3 is 2.56 bits per heavy atom. The number of nitrogens with one attached hydrogen (secondary N) is 4. The zero-order valence-electron chi connectivity index (χ0n) is 18.2. The highest BCUT2D eigenvalue weighted by Gasteiger charge is 2.48. The zero-order valence-corrected chi connectivity index (χ0v) is 19.1. The highest BCUT2D eigenvalue weighted by molar-refractivity contribution is 7.90. The summed E-state index contributed by atoms with van der Waals surface area (Å²) in [6.45, 7) is 4.28. The molecular weight excluding hydrogens is 439 g/mol. The van der Waals surface area contributed by atoms with Crippen molar-refractivity contribution in [2.45, 2.75) is 55.1 Å². The summed E-state index contributed by atoms with van der Waals surface area (Å²) in [5.41, 5.74) is 9.21. The predicted octanol–water partition coefficient (Wildman–Crippen LogP) is -3.07. The molecule has 5 fully saturated rings. The van der Waals surface area contributed by atoms with Gasteiger partial charge in [0.2, 0.25) is 15.9 Å². The largest absolute Gasteiger partial charge is 0.350 e. The fourth-order valence-corrected chi connectivity index (χ4v) is 7.38. The molecule has 0 spiro atoms. The van der Waals surface area contributed by atoms with Gasteiger partial charge in [-0.1, -0.05) is 0 Å². The first-order valence-electron chi connectivity index (χ1n) is 11.7. The molecule has 6 unspecified atom stereocenters. The summed E-state index contributed by atoms with van der Waals surface area (Å²) in [5.74, 6) is -0.665. The summed E-state index contributed by atoms with van der Waals surface area (Å²) in [5, 5.41) is 11.2. The minimum atomic E-state index is -3.14. The third-order valence-electron chi connectivity index (χ3n) is 7.44. The lowest BCUT2D eigenvalue weighted by molar-refractivity contribution is -0.128. The van der Waals surface area contributed by atoms with Crippen LogP contribution >= 0.6 is 0 Å². The molecule has 0 aromatic heterocycles. The molecule has 182 valence electrons. The van der Waals surface area contributed by atoms with Gasteiger partial charge in [0.1, 0.15) is 6.17 Å². The Bertz CT molecular complexity index is 806. The number of piperazine rings is 1. The van der Waals surface area contributed by atoms with Crippen molar-refractivity contribution in [1.29, 1.82) is 0 Å². The minimum absolute atomic E-state index is 0.0957. The maximum Gasteiger partial charge on any atom is 0.229 e. The summed E-state index contributed by atoms with van der Waals surface area (Å²) in [6.07, 6.45) is 0.534. The molecule has 32 heavy (non-hydrogen) atoms. The Kier molecular flexibility index (Phi) is 6.44. The number of halogens is 1. The van der Waals surface area contributed by atoms with Crippen LogP contribution in [0.4, 0.5) is 4.39 Å². The molecule has 0 radical (unpaired) electrons. The molecule has 13 heteroatoms. The van der Waals surface area contributed by atoms with Crippen LogP contribution in [0.2, 0.25) is 0 Å². The number of piperidine rings is 1. The molecule has 4 heterocycles. The van der Waals surface area contributed by atoms with Gasteiger partial charge in [-0.15, -0.1) is 0 Å². The maximum absolute atomic E-state index is 13.7. The monoisotopic (exact) mass is 474 g/mol. The number of nitrogens with two attached hydrogens (primary N) is 1. The Morgan fingerprint density at radius 2 is 1.84 bits per heavy atom. The third-order valence-corrected chi connectivity index (χ3v) is 9.84. The lowest BCUT2D eigenvalue weighted by Gasteiger charge is -2.44. The molecule has 0 aromatic rings. The number of nitrogens with zero attached hydrogens (tertiary/aromatic N) is 3. The van der Waals surface area contributed by atoms with E-state index in [1.54, 1.807) is 9.31 Å². The molecule has 1 aliphatic carbocycles. The Labute approximate surface area is 188 Å². The number of fused-ring (bicyclic) bond motifs is 1. The zero-order chi connectivity index (χ0) is 22.5. The summed E-state index contributed by atoms with van der Waals surface area (Å²) in [6, 6.07) is 0.0452. The molecule has 0 aromatic carbocycles. The second-order valence-electron chi connectivity index (χ2n) is 9.64. The van der Waals surface area contributed by atoms with Gasteiger partial charge in [-0.2, -0.15) is 4.31 Å². The molecule has 6 atom stereocenters. The van der Waals surface area contributed by atoms with Crippen LogP contribution < -0.4 is 27.1 Å². The van der Waals surface area contributed by atoms with Gasteiger partial charge in [-0.25, -0.2) is 23.2 Å². The van der Waals surface area contributed by atoms with Crippen LogP contribution in [0.5, 0.6) is 0 Å². The first-order valence-corrected chi connectivity index (χ1v) is 13.2. The van der Waals surface area contributed by atoms with Crippen LogP contribution in [0.3, 0.4) is 0 Å². The SMILES string of the molecule is NC1NN2CC(F)CNC2C1C(=O)NC1CNCCC1N1CCN(S(=O)(=O)C2CC2)CC1. The van der Waals surface area contributed by atoms with E-state index in [2.05, 4.69) is 26.3 Å². The number of sulfonamides is 1. The summed E-state index contributed by atoms with van der Waals surface area (Å²) in [7, 11) is -3.14. The van der Waals surface area contributed by atoms with Gasteiger partial charge >= 0.3 is 0 Å². The lowest BCUT2D eigenvalue weighted by Crippen LogP contribution is -2.65. The fourth-order valence-electron chi connectivity index (χ4n) is 5.55. The van der Waals surface area contributed by atoms with Crippen LogP contribution in [0.15, 0.2) is 0 Å². The molecule has 5 rings (SSSR count). The van der Waals surface area contributed by atoms with Crippen LogP contribution in [-0.4, -0.2) is 117 Å². The second kappa shape index (κ2) is 9.02. The highest BCUT2D eigenvalue weighted by Crippen LogP contribution is 2.32. The summed E-state index contributed by atoms with van der Waals surface area (Å²) >= 11 is 0. The second-order valence-corrected chi connectivity index (χ2v) is 11.9. The standard InChI is InChI=1S/C19H35FN8O3S/c20-12-9-23-18-16(17(21)25-28(18)11-12)19(29)24-14-10-22-4-3-15(14)26-5-7-27(8-6-26)32(30,31)13-1-2-13/h12-18,22-23,25H,1-11,21H2,(H,24,29). The Hall–Kier alpha value is -0.930. The Morgan fingerprint density at radius 1 is 1.09 bits per heavy atom. The van der Waals surface area contributed by atoms with E-state index in [0.29, 0.717) is 32.7 Å². The molecule has 0 bridgehead atoms. The van der Waals surface area contributed by atoms with Crippen LogP contribution in [0.25, 0.3) is 0 Å². The Balaban J connectivity index is 1.20. The van der Waals surface area contributed by atoms with Crippen LogP contribution in [0, 0.1) is 5.92 Å². The maximum atomic E-state index is 13.7. The van der Waals surface area contributed by atoms with Gasteiger partial charge in [0.05, 0.1) is 29.5 Å². The van der Waals surface area contributed by atoms with E-state index in [1.165, 1.54) is 0 Å². The topological polar surface area (TPSA) is 135 Å². The van der Waals surface area contributed by atoms with Gasteiger partial charge in [0.15, 0.2) is 0 Å². The van der Waals surface area contributed by atoms with Crippen molar-refractivity contribution in [3.05, 3.63) is 0 Å². The smallest absolute Gasteiger partial charge is 0.229 e. The third kappa shape index (κ3) is 4.41. The molecule has 1 saturated carbocycles. The normalized spacial score (nSPS) is 40.2. The molecule has 1 amide bonds. The number of alkyl halides is 1. The highest BCUT2D eigenvalue weighted by atomic mass is 32.2. The van der Waals surface area contributed by atoms with Crippen molar-refractivity contribution in [2.24, 2.45) is 11.7 Å². The molecule has 5 aliphatic rings. The number of carbonyl (C=O) groups is 1. The molecule has 4 aliphatic heterocycles.